The summed E-state index contributed by atoms with van der Waals surface area (Å²) in [6.45, 7) is 8.61. The van der Waals surface area contributed by atoms with Gasteiger partial charge in [-0.05, 0) is 108 Å². The fourth-order valence-electron chi connectivity index (χ4n) is 5.39. The summed E-state index contributed by atoms with van der Waals surface area (Å²) >= 11 is 0. The van der Waals surface area contributed by atoms with Gasteiger partial charge in [-0.3, -0.25) is 4.79 Å². The molecule has 1 amide bonds. The van der Waals surface area contributed by atoms with Crippen molar-refractivity contribution >= 4 is 16.9 Å². The molecular weight excluding hydrogens is 462 g/mol. The van der Waals surface area contributed by atoms with E-state index in [0.29, 0.717) is 19.2 Å². The van der Waals surface area contributed by atoms with Crippen LogP contribution in [0.15, 0.2) is 17.0 Å². The first-order chi connectivity index (χ1) is 16.8. The third kappa shape index (κ3) is 8.00. The fraction of sp³-hybridized carbons (Fsp3) is 0.741. The maximum absolute atomic E-state index is 13.0. The van der Waals surface area contributed by atoms with Gasteiger partial charge in [-0.15, -0.1) is 0 Å². The number of aryl methyl sites for hydroxylation is 2. The van der Waals surface area contributed by atoms with Crippen LogP contribution in [-0.2, 0) is 20.5 Å². The Hall–Kier alpha value is -1.48. The number of carbonyl (C=O) groups is 1. The van der Waals surface area contributed by atoms with Crippen LogP contribution < -0.4 is 4.74 Å². The lowest BCUT2D eigenvalue weighted by Gasteiger charge is -2.35. The van der Waals surface area contributed by atoms with Crippen molar-refractivity contribution in [2.45, 2.75) is 69.7 Å². The van der Waals surface area contributed by atoms with Gasteiger partial charge in [0, 0.05) is 26.7 Å². The molecule has 0 spiro atoms. The molecule has 1 aromatic carbocycles. The summed E-state index contributed by atoms with van der Waals surface area (Å²) in [5, 5.41) is 0. The molecule has 8 heteroatoms. The molecular formula is C27H45N3O4S. The van der Waals surface area contributed by atoms with E-state index in [-0.39, 0.29) is 12.5 Å². The molecule has 1 saturated heterocycles. The number of hydrogen-bond acceptors (Lipinski definition) is 5. The summed E-state index contributed by atoms with van der Waals surface area (Å²) in [5.74, 6) is 1.61. The number of amides is 1. The molecule has 1 saturated carbocycles. The van der Waals surface area contributed by atoms with Gasteiger partial charge in [-0.1, -0.05) is 0 Å². The molecule has 3 rings (SSSR count). The van der Waals surface area contributed by atoms with E-state index in [1.165, 1.54) is 51.7 Å². The summed E-state index contributed by atoms with van der Waals surface area (Å²) in [6.07, 6.45) is 8.65. The molecule has 2 aliphatic rings. The largest absolute Gasteiger partial charge is 0.497 e. The van der Waals surface area contributed by atoms with Crippen molar-refractivity contribution in [3.63, 3.8) is 0 Å². The van der Waals surface area contributed by atoms with Crippen molar-refractivity contribution in [2.75, 3.05) is 60.6 Å². The van der Waals surface area contributed by atoms with Gasteiger partial charge in [0.25, 0.3) is 0 Å². The first-order valence-electron chi connectivity index (χ1n) is 13.1. The number of carbonyl (C=O) groups excluding carboxylic acids is 1. The van der Waals surface area contributed by atoms with Crippen LogP contribution in [-0.4, -0.2) is 90.9 Å². The van der Waals surface area contributed by atoms with Crippen molar-refractivity contribution < 1.29 is 18.5 Å². The Labute approximate surface area is 214 Å². The van der Waals surface area contributed by atoms with E-state index >= 15 is 0 Å². The molecule has 35 heavy (non-hydrogen) atoms. The lowest BCUT2D eigenvalue weighted by molar-refractivity contribution is -0.137. The first-order valence-corrected chi connectivity index (χ1v) is 14.2. The fourth-order valence-corrected chi connectivity index (χ4v) is 6.61. The number of rotatable bonds is 12. The molecule has 1 unspecified atom stereocenters. The van der Waals surface area contributed by atoms with Crippen LogP contribution in [0.4, 0.5) is 0 Å². The highest BCUT2D eigenvalue weighted by atomic mass is 32.2. The summed E-state index contributed by atoms with van der Waals surface area (Å²) in [6, 6.07) is 4.13. The summed E-state index contributed by atoms with van der Waals surface area (Å²) in [5.41, 5.74) is 1.88. The van der Waals surface area contributed by atoms with Crippen LogP contribution in [0.3, 0.4) is 0 Å². The highest BCUT2D eigenvalue weighted by Crippen LogP contribution is 2.30. The average molecular weight is 508 g/mol. The minimum Gasteiger partial charge on any atom is -0.497 e. The molecule has 1 aliphatic heterocycles. The number of benzene rings is 1. The Morgan fingerprint density at radius 3 is 2.31 bits per heavy atom. The van der Waals surface area contributed by atoms with Gasteiger partial charge < -0.3 is 19.3 Å². The van der Waals surface area contributed by atoms with E-state index in [0.717, 1.165) is 40.5 Å². The highest BCUT2D eigenvalue weighted by Gasteiger charge is 2.27. The number of nitrogens with zero attached hydrogens (tertiary/aromatic N) is 3. The van der Waals surface area contributed by atoms with Crippen LogP contribution in [0, 0.1) is 19.8 Å². The van der Waals surface area contributed by atoms with Crippen LogP contribution in [0.1, 0.15) is 56.1 Å². The van der Waals surface area contributed by atoms with Gasteiger partial charge >= 0.3 is 0 Å². The van der Waals surface area contributed by atoms with Crippen molar-refractivity contribution in [1.82, 2.24) is 14.1 Å². The van der Waals surface area contributed by atoms with E-state index in [1.54, 1.807) is 11.4 Å². The molecule has 0 N–H and O–H groups in total. The van der Waals surface area contributed by atoms with Gasteiger partial charge in [-0.25, -0.2) is 8.51 Å². The molecule has 0 radical (unpaired) electrons. The van der Waals surface area contributed by atoms with E-state index in [2.05, 4.69) is 4.90 Å². The standard InChI is InChI=1S/C27H45N3O4S/c1-21-18-25(33-5)19-22(2)27(21)35(32)28(3)16-17-34-20-26(31)29(4)24-10-8-23(9-11-24)12-15-30-13-6-7-14-30/h18-19,23-24H,6-17,20H2,1-5H3. The molecule has 2 fully saturated rings. The predicted octanol–water partition coefficient (Wildman–Crippen LogP) is 3.79. The number of hydrogen-bond donors (Lipinski definition) is 0. The van der Waals surface area contributed by atoms with Gasteiger partial charge in [0.1, 0.15) is 23.3 Å². The van der Waals surface area contributed by atoms with Crippen molar-refractivity contribution in [2.24, 2.45) is 5.92 Å². The zero-order valence-electron chi connectivity index (χ0n) is 22.4. The Balaban J connectivity index is 1.34. The van der Waals surface area contributed by atoms with Crippen molar-refractivity contribution in [3.05, 3.63) is 23.3 Å². The predicted molar refractivity (Wildman–Crippen MR) is 141 cm³/mol. The quantitative estimate of drug-likeness (QED) is 0.403. The van der Waals surface area contributed by atoms with E-state index < -0.39 is 11.0 Å². The third-order valence-electron chi connectivity index (χ3n) is 7.71. The molecule has 198 valence electrons. The lowest BCUT2D eigenvalue weighted by Crippen LogP contribution is -2.41. The summed E-state index contributed by atoms with van der Waals surface area (Å²) in [4.78, 5) is 18.0. The maximum atomic E-state index is 13.0. The second-order valence-corrected chi connectivity index (χ2v) is 11.8. The molecule has 1 heterocycles. The van der Waals surface area contributed by atoms with Crippen molar-refractivity contribution in [3.8, 4) is 5.75 Å². The van der Waals surface area contributed by atoms with Crippen LogP contribution >= 0.6 is 0 Å². The van der Waals surface area contributed by atoms with E-state index in [1.807, 2.05) is 45.0 Å². The van der Waals surface area contributed by atoms with Crippen molar-refractivity contribution in [1.29, 1.82) is 0 Å². The minimum atomic E-state index is -1.30. The maximum Gasteiger partial charge on any atom is 0.248 e. The van der Waals surface area contributed by atoms with Gasteiger partial charge in [0.05, 0.1) is 18.6 Å². The molecule has 0 aromatic heterocycles. The van der Waals surface area contributed by atoms with E-state index in [9.17, 15) is 9.00 Å². The smallest absolute Gasteiger partial charge is 0.248 e. The second-order valence-electron chi connectivity index (χ2n) is 10.3. The third-order valence-corrected chi connectivity index (χ3v) is 9.45. The average Bonchev–Trinajstić information content (AvgIpc) is 3.38. The number of methoxy groups -OCH3 is 1. The van der Waals surface area contributed by atoms with Crippen LogP contribution in [0.25, 0.3) is 0 Å². The minimum absolute atomic E-state index is 0.0381. The Morgan fingerprint density at radius 1 is 1.09 bits per heavy atom. The summed E-state index contributed by atoms with van der Waals surface area (Å²) < 4.78 is 25.8. The van der Waals surface area contributed by atoms with Crippen LogP contribution in [0.2, 0.25) is 0 Å². The van der Waals surface area contributed by atoms with E-state index in [4.69, 9.17) is 9.47 Å². The van der Waals surface area contributed by atoms with Gasteiger partial charge in [-0.2, -0.15) is 0 Å². The summed E-state index contributed by atoms with van der Waals surface area (Å²) in [7, 11) is 4.07. The van der Waals surface area contributed by atoms with Crippen LogP contribution in [0.5, 0.6) is 5.75 Å². The van der Waals surface area contributed by atoms with Gasteiger partial charge in [0.2, 0.25) is 5.91 Å². The zero-order chi connectivity index (χ0) is 25.4. The normalized spacial score (nSPS) is 21.9. The highest BCUT2D eigenvalue weighted by molar-refractivity contribution is 7.82. The molecule has 1 aliphatic carbocycles. The molecule has 1 atom stereocenters. The Morgan fingerprint density at radius 2 is 1.71 bits per heavy atom. The second kappa shape index (κ2) is 13.7. The molecule has 1 aromatic rings. The monoisotopic (exact) mass is 507 g/mol. The molecule has 0 bridgehead atoms. The SMILES string of the molecule is COc1cc(C)c(S(=O)N(C)CCOCC(=O)N(C)C2CCC(CCN3CCCC3)CC2)c(C)c1. The number of likely N-dealkylation sites (tertiary alicyclic amines) is 1. The zero-order valence-corrected chi connectivity index (χ0v) is 23.2. The Kier molecular flexibility index (Phi) is 11.0. The van der Waals surface area contributed by atoms with Gasteiger partial charge in [0.15, 0.2) is 0 Å². The topological polar surface area (TPSA) is 62.3 Å². The Bertz CT molecular complexity index is 828. The number of likely N-dealkylation sites (N-methyl/N-ethyl adjacent to an activating group) is 2. The lowest BCUT2D eigenvalue weighted by atomic mass is 9.83. The molecule has 7 nitrogen and oxygen atoms in total. The number of ether oxygens (including phenoxy) is 2. The first kappa shape index (κ1) is 28.1.